The molecule has 4 nitrogen and oxygen atoms in total. The molecule has 2 rings (SSSR count). The molecule has 1 amide bonds. The van der Waals surface area contributed by atoms with Crippen molar-refractivity contribution in [3.8, 4) is 0 Å². The quantitative estimate of drug-likeness (QED) is 0.824. The average molecular weight is 222 g/mol. The van der Waals surface area contributed by atoms with Crippen molar-refractivity contribution < 1.29 is 9.21 Å². The topological polar surface area (TPSA) is 45.5 Å². The van der Waals surface area contributed by atoms with E-state index in [1.54, 1.807) is 12.1 Å². The zero-order valence-electron chi connectivity index (χ0n) is 9.61. The molecular weight excluding hydrogens is 204 g/mol. The van der Waals surface area contributed by atoms with E-state index in [0.29, 0.717) is 11.8 Å². The zero-order chi connectivity index (χ0) is 11.4. The van der Waals surface area contributed by atoms with Gasteiger partial charge in [0.15, 0.2) is 5.76 Å². The van der Waals surface area contributed by atoms with E-state index < -0.39 is 0 Å². The van der Waals surface area contributed by atoms with Gasteiger partial charge < -0.3 is 14.6 Å². The summed E-state index contributed by atoms with van der Waals surface area (Å²) >= 11 is 0. The molecule has 1 N–H and O–H groups in total. The van der Waals surface area contributed by atoms with Gasteiger partial charge in [-0.05, 0) is 44.5 Å². The minimum atomic E-state index is -0.0168. The van der Waals surface area contributed by atoms with E-state index in [4.69, 9.17) is 4.42 Å². The van der Waals surface area contributed by atoms with Crippen LogP contribution in [0, 0.1) is 0 Å². The Morgan fingerprint density at radius 3 is 3.12 bits per heavy atom. The molecule has 1 fully saturated rings. The van der Waals surface area contributed by atoms with Gasteiger partial charge in [0.1, 0.15) is 0 Å². The van der Waals surface area contributed by atoms with E-state index in [0.717, 1.165) is 32.4 Å². The molecule has 1 aromatic heterocycles. The minimum Gasteiger partial charge on any atom is -0.459 e. The Kier molecular flexibility index (Phi) is 3.62. The fourth-order valence-electron chi connectivity index (χ4n) is 2.13. The largest absolute Gasteiger partial charge is 0.459 e. The first-order valence-electron chi connectivity index (χ1n) is 5.80. The predicted octanol–water partition coefficient (Wildman–Crippen LogP) is 1.49. The van der Waals surface area contributed by atoms with Gasteiger partial charge in [0.2, 0.25) is 0 Å². The highest BCUT2D eigenvalue weighted by Gasteiger charge is 2.23. The van der Waals surface area contributed by atoms with Crippen LogP contribution in [-0.2, 0) is 0 Å². The Hall–Kier alpha value is -1.29. The highest BCUT2D eigenvalue weighted by atomic mass is 16.3. The summed E-state index contributed by atoms with van der Waals surface area (Å²) in [5, 5.41) is 3.34. The third-order valence-corrected chi connectivity index (χ3v) is 3.15. The Bertz CT molecular complexity index is 327. The first-order valence-corrected chi connectivity index (χ1v) is 5.80. The van der Waals surface area contributed by atoms with Crippen LogP contribution in [0.5, 0.6) is 0 Å². The van der Waals surface area contributed by atoms with Crippen LogP contribution in [0.2, 0.25) is 0 Å². The van der Waals surface area contributed by atoms with E-state index in [9.17, 15) is 4.79 Å². The van der Waals surface area contributed by atoms with E-state index in [1.807, 2.05) is 11.9 Å². The SMILES string of the molecule is CN(C(=O)c1ccco1)C1CCCNCC1. The second kappa shape index (κ2) is 5.16. The van der Waals surface area contributed by atoms with Crippen molar-refractivity contribution in [1.29, 1.82) is 0 Å². The highest BCUT2D eigenvalue weighted by Crippen LogP contribution is 2.15. The fraction of sp³-hybridized carbons (Fsp3) is 0.583. The van der Waals surface area contributed by atoms with Crippen LogP contribution in [0.25, 0.3) is 0 Å². The summed E-state index contributed by atoms with van der Waals surface area (Å²) in [6.45, 7) is 2.04. The number of carbonyl (C=O) groups excluding carboxylic acids is 1. The summed E-state index contributed by atoms with van der Waals surface area (Å²) in [4.78, 5) is 13.8. The molecule has 0 bridgehead atoms. The Balaban J connectivity index is 2.00. The van der Waals surface area contributed by atoms with Crippen molar-refractivity contribution >= 4 is 5.91 Å². The van der Waals surface area contributed by atoms with Crippen molar-refractivity contribution in [1.82, 2.24) is 10.2 Å². The van der Waals surface area contributed by atoms with E-state index >= 15 is 0 Å². The molecule has 0 aromatic carbocycles. The number of amides is 1. The lowest BCUT2D eigenvalue weighted by Crippen LogP contribution is -2.37. The summed E-state index contributed by atoms with van der Waals surface area (Å²) < 4.78 is 5.13. The number of hydrogen-bond donors (Lipinski definition) is 1. The predicted molar refractivity (Wildman–Crippen MR) is 61.3 cm³/mol. The van der Waals surface area contributed by atoms with Crippen LogP contribution in [0.4, 0.5) is 0 Å². The molecular formula is C12H18N2O2. The maximum absolute atomic E-state index is 12.0. The van der Waals surface area contributed by atoms with Crippen molar-refractivity contribution in [2.24, 2.45) is 0 Å². The third-order valence-electron chi connectivity index (χ3n) is 3.15. The van der Waals surface area contributed by atoms with Crippen LogP contribution in [0.1, 0.15) is 29.8 Å². The minimum absolute atomic E-state index is 0.0168. The van der Waals surface area contributed by atoms with Gasteiger partial charge in [-0.15, -0.1) is 0 Å². The van der Waals surface area contributed by atoms with Crippen LogP contribution in [0.3, 0.4) is 0 Å². The smallest absolute Gasteiger partial charge is 0.289 e. The first-order chi connectivity index (χ1) is 7.79. The second-order valence-corrected chi connectivity index (χ2v) is 4.23. The molecule has 1 aliphatic heterocycles. The molecule has 2 heterocycles. The summed E-state index contributed by atoms with van der Waals surface area (Å²) in [5.74, 6) is 0.414. The lowest BCUT2D eigenvalue weighted by molar-refractivity contribution is 0.0688. The average Bonchev–Trinajstić information content (AvgIpc) is 2.70. The lowest BCUT2D eigenvalue weighted by Gasteiger charge is -2.26. The second-order valence-electron chi connectivity index (χ2n) is 4.23. The van der Waals surface area contributed by atoms with Gasteiger partial charge in [-0.2, -0.15) is 0 Å². The molecule has 1 aliphatic rings. The van der Waals surface area contributed by atoms with Crippen LogP contribution in [0.15, 0.2) is 22.8 Å². The number of carbonyl (C=O) groups is 1. The number of furan rings is 1. The molecule has 1 saturated heterocycles. The van der Waals surface area contributed by atoms with Gasteiger partial charge in [0.25, 0.3) is 5.91 Å². The molecule has 0 saturated carbocycles. The number of nitrogens with zero attached hydrogens (tertiary/aromatic N) is 1. The maximum Gasteiger partial charge on any atom is 0.289 e. The lowest BCUT2D eigenvalue weighted by atomic mass is 10.1. The standard InChI is InChI=1S/C12H18N2O2/c1-14(10-4-2-7-13-8-6-10)12(15)11-5-3-9-16-11/h3,5,9-10,13H,2,4,6-8H2,1H3. The van der Waals surface area contributed by atoms with Gasteiger partial charge in [0.05, 0.1) is 6.26 Å². The molecule has 0 radical (unpaired) electrons. The highest BCUT2D eigenvalue weighted by molar-refractivity contribution is 5.91. The number of hydrogen-bond acceptors (Lipinski definition) is 3. The van der Waals surface area contributed by atoms with Crippen LogP contribution in [-0.4, -0.2) is 37.0 Å². The van der Waals surface area contributed by atoms with E-state index in [-0.39, 0.29) is 5.91 Å². The monoisotopic (exact) mass is 222 g/mol. The van der Waals surface area contributed by atoms with Gasteiger partial charge >= 0.3 is 0 Å². The van der Waals surface area contributed by atoms with Gasteiger partial charge in [0, 0.05) is 13.1 Å². The van der Waals surface area contributed by atoms with Gasteiger partial charge in [-0.3, -0.25) is 4.79 Å². The number of nitrogens with one attached hydrogen (secondary N) is 1. The zero-order valence-corrected chi connectivity index (χ0v) is 9.61. The molecule has 16 heavy (non-hydrogen) atoms. The molecule has 88 valence electrons. The maximum atomic E-state index is 12.0. The fourth-order valence-corrected chi connectivity index (χ4v) is 2.13. The van der Waals surface area contributed by atoms with Crippen LogP contribution < -0.4 is 5.32 Å². The number of rotatable bonds is 2. The molecule has 1 unspecified atom stereocenters. The molecule has 0 spiro atoms. The molecule has 4 heteroatoms. The van der Waals surface area contributed by atoms with Crippen LogP contribution >= 0.6 is 0 Å². The van der Waals surface area contributed by atoms with E-state index in [2.05, 4.69) is 5.32 Å². The summed E-state index contributed by atoms with van der Waals surface area (Å²) in [6.07, 6.45) is 4.75. The molecule has 0 aliphatic carbocycles. The summed E-state index contributed by atoms with van der Waals surface area (Å²) in [5.41, 5.74) is 0. The summed E-state index contributed by atoms with van der Waals surface area (Å²) in [6, 6.07) is 3.79. The third kappa shape index (κ3) is 2.44. The van der Waals surface area contributed by atoms with Crippen molar-refractivity contribution in [3.05, 3.63) is 24.2 Å². The summed E-state index contributed by atoms with van der Waals surface area (Å²) in [7, 11) is 1.86. The van der Waals surface area contributed by atoms with Gasteiger partial charge in [-0.1, -0.05) is 0 Å². The molecule has 1 aromatic rings. The van der Waals surface area contributed by atoms with E-state index in [1.165, 1.54) is 6.26 Å². The molecule has 1 atom stereocenters. The Labute approximate surface area is 95.6 Å². The normalized spacial score (nSPS) is 21.4. The Morgan fingerprint density at radius 1 is 1.50 bits per heavy atom. The van der Waals surface area contributed by atoms with Crippen molar-refractivity contribution in [2.45, 2.75) is 25.3 Å². The Morgan fingerprint density at radius 2 is 2.38 bits per heavy atom. The first kappa shape index (κ1) is 11.2. The van der Waals surface area contributed by atoms with Crippen molar-refractivity contribution in [2.75, 3.05) is 20.1 Å². The van der Waals surface area contributed by atoms with Crippen molar-refractivity contribution in [3.63, 3.8) is 0 Å². The van der Waals surface area contributed by atoms with Gasteiger partial charge in [-0.25, -0.2) is 0 Å².